The van der Waals surface area contributed by atoms with E-state index in [-0.39, 0.29) is 45.6 Å². The maximum Gasteiger partial charge on any atom is 0.335 e. The van der Waals surface area contributed by atoms with E-state index in [2.05, 4.69) is 0 Å². The topological polar surface area (TPSA) is 175 Å². The van der Waals surface area contributed by atoms with E-state index in [1.807, 2.05) is 0 Å². The van der Waals surface area contributed by atoms with E-state index < -0.39 is 46.3 Å². The predicted molar refractivity (Wildman–Crippen MR) is 120 cm³/mol. The van der Waals surface area contributed by atoms with Gasteiger partial charge in [-0.2, -0.15) is 0 Å². The van der Waals surface area contributed by atoms with Gasteiger partial charge in [0.1, 0.15) is 22.5 Å². The van der Waals surface area contributed by atoms with Crippen LogP contribution >= 0.6 is 0 Å². The molecule has 4 aromatic rings. The van der Waals surface area contributed by atoms with Crippen molar-refractivity contribution in [3.8, 4) is 40.1 Å². The Kier molecular flexibility index (Phi) is 4.87. The van der Waals surface area contributed by atoms with Gasteiger partial charge in [0.2, 0.25) is 11.2 Å². The number of fused-ring (bicyclic) bond motifs is 3. The first-order valence-electron chi connectivity index (χ1n) is 10.3. The van der Waals surface area contributed by atoms with Gasteiger partial charge in [-0.1, -0.05) is 12.1 Å². The van der Waals surface area contributed by atoms with Crippen molar-refractivity contribution in [1.29, 1.82) is 0 Å². The van der Waals surface area contributed by atoms with Crippen LogP contribution in [0.2, 0.25) is 0 Å². The summed E-state index contributed by atoms with van der Waals surface area (Å²) in [6, 6.07) is 10.4. The van der Waals surface area contributed by atoms with E-state index >= 15 is 0 Å². The summed E-state index contributed by atoms with van der Waals surface area (Å²) in [7, 11) is 0. The summed E-state index contributed by atoms with van der Waals surface area (Å²) in [5.41, 5.74) is -0.268. The molecule has 176 valence electrons. The molecule has 1 aromatic heterocycles. The number of carbonyl (C=O) groups is 2. The normalized spacial score (nSPS) is 15.0. The lowest BCUT2D eigenvalue weighted by Crippen LogP contribution is -2.22. The fraction of sp³-hybridized carbons (Fsp3) is 0.0800. The fourth-order valence-electron chi connectivity index (χ4n) is 4.18. The molecule has 5 rings (SSSR count). The number of carboxylic acids is 1. The maximum absolute atomic E-state index is 13.1. The van der Waals surface area contributed by atoms with E-state index in [4.69, 9.17) is 9.15 Å². The first-order chi connectivity index (χ1) is 16.7. The van der Waals surface area contributed by atoms with Gasteiger partial charge in [0.05, 0.1) is 12.0 Å². The Hall–Kier alpha value is -4.99. The molecule has 3 aromatic carbocycles. The van der Waals surface area contributed by atoms with Gasteiger partial charge in [-0.25, -0.2) is 4.79 Å². The quantitative estimate of drug-likeness (QED) is 0.167. The van der Waals surface area contributed by atoms with Gasteiger partial charge in [0.15, 0.2) is 17.3 Å². The molecule has 0 saturated heterocycles. The minimum atomic E-state index is -1.13. The molecule has 1 unspecified atom stereocenters. The molecule has 0 fully saturated rings. The highest BCUT2D eigenvalue weighted by Crippen LogP contribution is 2.47. The second-order valence-electron chi connectivity index (χ2n) is 7.98. The molecule has 0 radical (unpaired) electrons. The number of phenolic OH excluding ortho intramolecular Hbond substituents is 3. The Labute approximate surface area is 195 Å². The molecule has 0 spiro atoms. The molecule has 0 amide bonds. The molecular weight excluding hydrogens is 460 g/mol. The second-order valence-corrected chi connectivity index (χ2v) is 7.98. The van der Waals surface area contributed by atoms with Gasteiger partial charge in [-0.15, -0.1) is 0 Å². The zero-order valence-electron chi connectivity index (χ0n) is 17.7. The molecule has 0 aliphatic carbocycles. The van der Waals surface area contributed by atoms with Crippen molar-refractivity contribution in [3.05, 3.63) is 75.4 Å². The summed E-state index contributed by atoms with van der Waals surface area (Å²) in [6.07, 6.45) is -0.167. The molecular formula is C25H16O10. The van der Waals surface area contributed by atoms with Gasteiger partial charge in [-0.05, 0) is 35.9 Å². The number of benzene rings is 3. The highest BCUT2D eigenvalue weighted by atomic mass is 16.5. The largest absolute Gasteiger partial charge is 0.507 e. The maximum atomic E-state index is 13.1. The van der Waals surface area contributed by atoms with Gasteiger partial charge in [0.25, 0.3) is 0 Å². The van der Waals surface area contributed by atoms with Crippen LogP contribution in [0.15, 0.2) is 57.7 Å². The molecule has 0 saturated carbocycles. The van der Waals surface area contributed by atoms with Gasteiger partial charge in [0, 0.05) is 23.1 Å². The average molecular weight is 476 g/mol. The van der Waals surface area contributed by atoms with Crippen LogP contribution in [0.4, 0.5) is 0 Å². The zero-order valence-corrected chi connectivity index (χ0v) is 17.7. The summed E-state index contributed by atoms with van der Waals surface area (Å²) in [5, 5.41) is 49.3. The Morgan fingerprint density at radius 1 is 0.886 bits per heavy atom. The summed E-state index contributed by atoms with van der Waals surface area (Å²) in [4.78, 5) is 36.6. The summed E-state index contributed by atoms with van der Waals surface area (Å²) >= 11 is 0. The van der Waals surface area contributed by atoms with Crippen molar-refractivity contribution < 1.29 is 44.3 Å². The number of carboxylic acid groups (broad SMARTS) is 1. The molecule has 10 heteroatoms. The standard InChI is InChI=1S/C25H16O10/c26-14-6-5-12(7-15(14)27)23-22(31)21(30)20-16(28)9-17-19(24(20)35-23)13(8-18(29)34-17)10-1-3-11(4-2-10)25(32)33/h1-7,9,13,26-28,31H,8H2,(H,32,33). The van der Waals surface area contributed by atoms with Crippen molar-refractivity contribution in [3.63, 3.8) is 0 Å². The van der Waals surface area contributed by atoms with Crippen LogP contribution in [-0.2, 0) is 4.79 Å². The third-order valence-electron chi connectivity index (χ3n) is 5.86. The summed E-state index contributed by atoms with van der Waals surface area (Å²) < 4.78 is 11.2. The average Bonchev–Trinajstić information content (AvgIpc) is 2.82. The Morgan fingerprint density at radius 2 is 1.60 bits per heavy atom. The van der Waals surface area contributed by atoms with E-state index in [1.54, 1.807) is 0 Å². The number of ether oxygens (including phenoxy) is 1. The smallest absolute Gasteiger partial charge is 0.335 e. The number of aromatic hydroxyl groups is 4. The molecule has 1 atom stereocenters. The molecule has 10 nitrogen and oxygen atoms in total. The molecule has 1 aliphatic heterocycles. The van der Waals surface area contributed by atoms with Gasteiger partial charge >= 0.3 is 11.9 Å². The Bertz CT molecular complexity index is 1600. The van der Waals surface area contributed by atoms with Crippen LogP contribution in [0.3, 0.4) is 0 Å². The Morgan fingerprint density at radius 3 is 2.26 bits per heavy atom. The van der Waals surface area contributed by atoms with Crippen LogP contribution in [-0.4, -0.2) is 37.5 Å². The highest BCUT2D eigenvalue weighted by Gasteiger charge is 2.34. The number of esters is 1. The van der Waals surface area contributed by atoms with E-state index in [0.29, 0.717) is 5.56 Å². The fourth-order valence-corrected chi connectivity index (χ4v) is 4.18. The van der Waals surface area contributed by atoms with Crippen molar-refractivity contribution in [2.24, 2.45) is 0 Å². The highest BCUT2D eigenvalue weighted by molar-refractivity contribution is 5.94. The van der Waals surface area contributed by atoms with Crippen molar-refractivity contribution in [2.45, 2.75) is 12.3 Å². The minimum Gasteiger partial charge on any atom is -0.507 e. The van der Waals surface area contributed by atoms with Crippen LogP contribution in [0.5, 0.6) is 28.7 Å². The van der Waals surface area contributed by atoms with Crippen molar-refractivity contribution >= 4 is 22.9 Å². The lowest BCUT2D eigenvalue weighted by molar-refractivity contribution is -0.135. The lowest BCUT2D eigenvalue weighted by atomic mass is 9.84. The molecule has 0 bridgehead atoms. The van der Waals surface area contributed by atoms with Gasteiger partial charge < -0.3 is 34.7 Å². The van der Waals surface area contributed by atoms with Gasteiger partial charge in [-0.3, -0.25) is 9.59 Å². The summed E-state index contributed by atoms with van der Waals surface area (Å²) in [6.45, 7) is 0. The first kappa shape index (κ1) is 21.8. The van der Waals surface area contributed by atoms with Crippen LogP contribution in [0.25, 0.3) is 22.3 Å². The second kappa shape index (κ2) is 7.80. The number of rotatable bonds is 3. The number of aromatic carboxylic acids is 1. The number of phenols is 3. The minimum absolute atomic E-state index is 0.0359. The van der Waals surface area contributed by atoms with Crippen LogP contribution in [0, 0.1) is 0 Å². The Balaban J connectivity index is 1.81. The van der Waals surface area contributed by atoms with E-state index in [0.717, 1.165) is 18.2 Å². The number of hydrogen-bond acceptors (Lipinski definition) is 9. The molecule has 1 aliphatic rings. The monoisotopic (exact) mass is 476 g/mol. The van der Waals surface area contributed by atoms with Crippen LogP contribution < -0.4 is 10.2 Å². The van der Waals surface area contributed by atoms with E-state index in [1.165, 1.54) is 30.3 Å². The lowest BCUT2D eigenvalue weighted by Gasteiger charge is -2.26. The van der Waals surface area contributed by atoms with E-state index in [9.17, 15) is 39.9 Å². The molecule has 2 heterocycles. The SMILES string of the molecule is O=C1CC(c2ccc(C(=O)O)cc2)c2c(cc(O)c3c(=O)c(O)c(-c4ccc(O)c(O)c4)oc23)O1. The zero-order chi connectivity index (χ0) is 25.0. The third-order valence-corrected chi connectivity index (χ3v) is 5.86. The molecule has 5 N–H and O–H groups in total. The van der Waals surface area contributed by atoms with Crippen molar-refractivity contribution in [2.75, 3.05) is 0 Å². The third kappa shape index (κ3) is 3.48. The predicted octanol–water partition coefficient (Wildman–Crippen LogP) is 3.42. The number of carbonyl (C=O) groups excluding carboxylic acids is 1. The molecule has 35 heavy (non-hydrogen) atoms. The summed E-state index contributed by atoms with van der Waals surface area (Å²) in [5.74, 6) is -5.26. The van der Waals surface area contributed by atoms with Crippen molar-refractivity contribution in [1.82, 2.24) is 0 Å². The number of hydrogen-bond donors (Lipinski definition) is 5. The van der Waals surface area contributed by atoms with Crippen LogP contribution in [0.1, 0.15) is 33.8 Å². The first-order valence-corrected chi connectivity index (χ1v) is 10.3.